The van der Waals surface area contributed by atoms with E-state index in [0.29, 0.717) is 0 Å². The number of carboxylic acids is 1. The summed E-state index contributed by atoms with van der Waals surface area (Å²) in [6.45, 7) is 3.18. The minimum atomic E-state index is -4.69. The molecule has 0 aliphatic rings. The molecule has 0 amide bonds. The number of alkyl halides is 3. The molecule has 0 radical (unpaired) electrons. The lowest BCUT2D eigenvalue weighted by atomic mass is 10.1. The first-order chi connectivity index (χ1) is 7.29. The normalized spacial score (nSPS) is 15.8. The van der Waals surface area contributed by atoms with Crippen LogP contribution in [0.15, 0.2) is 0 Å². The van der Waals surface area contributed by atoms with E-state index in [4.69, 9.17) is 5.11 Å². The van der Waals surface area contributed by atoms with Gasteiger partial charge in [-0.05, 0) is 13.3 Å². The van der Waals surface area contributed by atoms with Crippen LogP contribution in [-0.4, -0.2) is 29.8 Å². The Morgan fingerprint density at radius 1 is 1.44 bits per heavy atom. The molecule has 0 aromatic heterocycles. The number of nitrogens with one attached hydrogen (secondary N) is 1. The fraction of sp³-hybridized carbons (Fsp3) is 0.900. The first-order valence-corrected chi connectivity index (χ1v) is 5.32. The predicted molar refractivity (Wildman–Crippen MR) is 54.2 cm³/mol. The summed E-state index contributed by atoms with van der Waals surface area (Å²) in [6, 6.07) is -0.0934. The van der Waals surface area contributed by atoms with Gasteiger partial charge in [-0.3, -0.25) is 4.79 Å². The third-order valence-corrected chi connectivity index (χ3v) is 2.35. The molecule has 3 nitrogen and oxygen atoms in total. The molecule has 0 saturated heterocycles. The van der Waals surface area contributed by atoms with Crippen LogP contribution in [0.2, 0.25) is 0 Å². The molecule has 0 aliphatic carbocycles. The van der Waals surface area contributed by atoms with Crippen molar-refractivity contribution >= 4 is 5.97 Å². The number of hydrogen-bond donors (Lipinski definition) is 2. The van der Waals surface area contributed by atoms with Gasteiger partial charge < -0.3 is 10.4 Å². The summed E-state index contributed by atoms with van der Waals surface area (Å²) in [6.07, 6.45) is -2.06. The van der Waals surface area contributed by atoms with Gasteiger partial charge in [-0.2, -0.15) is 13.2 Å². The van der Waals surface area contributed by atoms with Gasteiger partial charge in [0.1, 0.15) is 0 Å². The van der Waals surface area contributed by atoms with Gasteiger partial charge in [0.05, 0.1) is 0 Å². The summed E-state index contributed by atoms with van der Waals surface area (Å²) in [4.78, 5) is 10.4. The first-order valence-electron chi connectivity index (χ1n) is 5.32. The summed E-state index contributed by atoms with van der Waals surface area (Å²) in [5, 5.41) is 11.0. The van der Waals surface area contributed by atoms with Gasteiger partial charge in [0.25, 0.3) is 0 Å². The molecule has 0 saturated carbocycles. The van der Waals surface area contributed by atoms with Crippen molar-refractivity contribution in [1.29, 1.82) is 0 Å². The van der Waals surface area contributed by atoms with E-state index < -0.39 is 24.6 Å². The Morgan fingerprint density at radius 2 is 2.00 bits per heavy atom. The second-order valence-corrected chi connectivity index (χ2v) is 3.88. The largest absolute Gasteiger partial charge is 0.481 e. The lowest BCUT2D eigenvalue weighted by Crippen LogP contribution is -2.41. The lowest BCUT2D eigenvalue weighted by molar-refractivity contribution is -0.192. The van der Waals surface area contributed by atoms with Crippen molar-refractivity contribution in [3.8, 4) is 0 Å². The molecule has 0 bridgehead atoms. The average Bonchev–Trinajstić information content (AvgIpc) is 2.12. The number of unbranched alkanes of at least 4 members (excludes halogenated alkanes) is 1. The second kappa shape index (κ2) is 6.73. The smallest absolute Gasteiger partial charge is 0.403 e. The van der Waals surface area contributed by atoms with Gasteiger partial charge in [-0.1, -0.05) is 19.8 Å². The molecule has 2 unspecified atom stereocenters. The van der Waals surface area contributed by atoms with E-state index in [1.807, 2.05) is 6.92 Å². The van der Waals surface area contributed by atoms with Gasteiger partial charge in [-0.15, -0.1) is 0 Å². The standard InChI is InChI=1S/C10H18F3NO2/c1-3-4-5-7(2)14-6-8(9(15)16)10(11,12)13/h7-8,14H,3-6H2,1-2H3,(H,15,16). The Labute approximate surface area is 93.0 Å². The van der Waals surface area contributed by atoms with Crippen molar-refractivity contribution in [3.05, 3.63) is 0 Å². The van der Waals surface area contributed by atoms with Gasteiger partial charge in [0, 0.05) is 12.6 Å². The minimum absolute atomic E-state index is 0.0934. The first kappa shape index (κ1) is 15.2. The van der Waals surface area contributed by atoms with Crippen molar-refractivity contribution in [3.63, 3.8) is 0 Å². The van der Waals surface area contributed by atoms with Gasteiger partial charge in [-0.25, -0.2) is 0 Å². The number of halogens is 3. The quantitative estimate of drug-likeness (QED) is 0.719. The highest BCUT2D eigenvalue weighted by Crippen LogP contribution is 2.26. The highest BCUT2D eigenvalue weighted by atomic mass is 19.4. The van der Waals surface area contributed by atoms with E-state index in [-0.39, 0.29) is 6.04 Å². The molecular weight excluding hydrogens is 223 g/mol. The van der Waals surface area contributed by atoms with Crippen LogP contribution in [0, 0.1) is 5.92 Å². The van der Waals surface area contributed by atoms with Gasteiger partial charge >= 0.3 is 12.1 Å². The summed E-state index contributed by atoms with van der Waals surface area (Å²) >= 11 is 0. The van der Waals surface area contributed by atoms with Crippen LogP contribution >= 0.6 is 0 Å². The molecule has 0 spiro atoms. The van der Waals surface area contributed by atoms with Crippen LogP contribution in [0.1, 0.15) is 33.1 Å². The van der Waals surface area contributed by atoms with E-state index in [2.05, 4.69) is 5.32 Å². The van der Waals surface area contributed by atoms with Crippen LogP contribution in [0.4, 0.5) is 13.2 Å². The fourth-order valence-corrected chi connectivity index (χ4v) is 1.27. The molecule has 96 valence electrons. The Balaban J connectivity index is 4.08. The van der Waals surface area contributed by atoms with Crippen molar-refractivity contribution in [2.45, 2.75) is 45.3 Å². The number of rotatable bonds is 7. The van der Waals surface area contributed by atoms with E-state index in [9.17, 15) is 18.0 Å². The highest BCUT2D eigenvalue weighted by molar-refractivity contribution is 5.71. The van der Waals surface area contributed by atoms with Crippen LogP contribution in [0.25, 0.3) is 0 Å². The Kier molecular flexibility index (Phi) is 6.40. The van der Waals surface area contributed by atoms with Gasteiger partial charge in [0.2, 0.25) is 0 Å². The number of carboxylic acid groups (broad SMARTS) is 1. The minimum Gasteiger partial charge on any atom is -0.481 e. The molecule has 0 aromatic carbocycles. The topological polar surface area (TPSA) is 49.3 Å². The lowest BCUT2D eigenvalue weighted by Gasteiger charge is -2.19. The number of carbonyl (C=O) groups is 1. The molecule has 16 heavy (non-hydrogen) atoms. The van der Waals surface area contributed by atoms with Crippen LogP contribution < -0.4 is 5.32 Å². The maximum Gasteiger partial charge on any atom is 0.403 e. The summed E-state index contributed by atoms with van der Waals surface area (Å²) in [5.41, 5.74) is 0. The molecule has 0 heterocycles. The summed E-state index contributed by atoms with van der Waals surface area (Å²) in [5.74, 6) is -4.15. The zero-order valence-electron chi connectivity index (χ0n) is 9.47. The number of aliphatic carboxylic acids is 1. The molecule has 0 fully saturated rings. The SMILES string of the molecule is CCCCC(C)NCC(C(=O)O)C(F)(F)F. The Morgan fingerprint density at radius 3 is 2.38 bits per heavy atom. The summed E-state index contributed by atoms with van der Waals surface area (Å²) in [7, 11) is 0. The molecule has 0 aliphatic heterocycles. The van der Waals surface area contributed by atoms with Crippen molar-refractivity contribution in [2.24, 2.45) is 5.92 Å². The van der Waals surface area contributed by atoms with Gasteiger partial charge in [0.15, 0.2) is 5.92 Å². The molecule has 0 rings (SSSR count). The monoisotopic (exact) mass is 241 g/mol. The maximum atomic E-state index is 12.3. The van der Waals surface area contributed by atoms with E-state index in [0.717, 1.165) is 19.3 Å². The van der Waals surface area contributed by atoms with Crippen molar-refractivity contribution in [1.82, 2.24) is 5.32 Å². The average molecular weight is 241 g/mol. The zero-order valence-corrected chi connectivity index (χ0v) is 9.47. The van der Waals surface area contributed by atoms with E-state index in [1.54, 1.807) is 6.92 Å². The van der Waals surface area contributed by atoms with Crippen LogP contribution in [0.5, 0.6) is 0 Å². The number of hydrogen-bond acceptors (Lipinski definition) is 2. The van der Waals surface area contributed by atoms with Crippen LogP contribution in [-0.2, 0) is 4.79 Å². The Bertz CT molecular complexity index is 219. The van der Waals surface area contributed by atoms with E-state index >= 15 is 0 Å². The third-order valence-electron chi connectivity index (χ3n) is 2.35. The molecule has 0 aromatic rings. The Hall–Kier alpha value is -0.780. The molecule has 6 heteroatoms. The highest BCUT2D eigenvalue weighted by Gasteiger charge is 2.44. The van der Waals surface area contributed by atoms with Crippen LogP contribution in [0.3, 0.4) is 0 Å². The summed E-state index contributed by atoms with van der Waals surface area (Å²) < 4.78 is 36.8. The molecule has 2 N–H and O–H groups in total. The van der Waals surface area contributed by atoms with Crippen molar-refractivity contribution < 1.29 is 23.1 Å². The predicted octanol–water partition coefficient (Wildman–Crippen LogP) is 2.42. The molecular formula is C10H18F3NO2. The third kappa shape index (κ3) is 5.95. The second-order valence-electron chi connectivity index (χ2n) is 3.88. The zero-order chi connectivity index (χ0) is 12.8. The van der Waals surface area contributed by atoms with Crippen molar-refractivity contribution in [2.75, 3.05) is 6.54 Å². The fourth-order valence-electron chi connectivity index (χ4n) is 1.27. The van der Waals surface area contributed by atoms with E-state index in [1.165, 1.54) is 0 Å². The molecule has 2 atom stereocenters. The maximum absolute atomic E-state index is 12.3.